The summed E-state index contributed by atoms with van der Waals surface area (Å²) in [6.07, 6.45) is 16.3. The van der Waals surface area contributed by atoms with Gasteiger partial charge in [0.2, 0.25) is 5.91 Å². The number of thioether (sulfide) groups is 1. The Hall–Kier alpha value is -3.59. The van der Waals surface area contributed by atoms with E-state index in [1.807, 2.05) is 18.2 Å². The number of hydrogen-bond donors (Lipinski definition) is 3. The summed E-state index contributed by atoms with van der Waals surface area (Å²) in [6, 6.07) is 3.73. The van der Waals surface area contributed by atoms with Gasteiger partial charge in [0.15, 0.2) is 5.78 Å². The van der Waals surface area contributed by atoms with Crippen molar-refractivity contribution in [2.24, 2.45) is 5.92 Å². The van der Waals surface area contributed by atoms with Gasteiger partial charge in [-0.25, -0.2) is 9.97 Å². The van der Waals surface area contributed by atoms with Gasteiger partial charge in [-0.3, -0.25) is 9.59 Å². The average molecular weight is 504 g/mol. The van der Waals surface area contributed by atoms with Crippen LogP contribution in [0.15, 0.2) is 64.4 Å². The Labute approximate surface area is 214 Å². The molecule has 1 amide bonds. The molecule has 0 bridgehead atoms. The van der Waals surface area contributed by atoms with Crippen LogP contribution in [0.25, 0.3) is 11.3 Å². The zero-order chi connectivity index (χ0) is 24.9. The third kappa shape index (κ3) is 5.62. The van der Waals surface area contributed by atoms with Crippen molar-refractivity contribution < 1.29 is 14.0 Å². The quantitative estimate of drug-likeness (QED) is 0.243. The van der Waals surface area contributed by atoms with E-state index in [9.17, 15) is 9.59 Å². The van der Waals surface area contributed by atoms with Crippen LogP contribution < -0.4 is 10.6 Å². The molecule has 0 radical (unpaired) electrons. The van der Waals surface area contributed by atoms with Crippen LogP contribution in [-0.4, -0.2) is 32.4 Å². The molecular formula is C27H29N5O3S. The van der Waals surface area contributed by atoms with Crippen molar-refractivity contribution in [2.75, 3.05) is 16.4 Å². The number of fused-ring (bicyclic) bond motifs is 1. The molecule has 0 saturated heterocycles. The lowest BCUT2D eigenvalue weighted by atomic mass is 9.83. The monoisotopic (exact) mass is 503 g/mol. The molecule has 0 aliphatic heterocycles. The van der Waals surface area contributed by atoms with E-state index in [4.69, 9.17) is 4.42 Å². The Balaban J connectivity index is 1.39. The number of pyridine rings is 1. The normalized spacial score (nSPS) is 17.0. The van der Waals surface area contributed by atoms with Crippen LogP contribution in [0, 0.1) is 5.92 Å². The molecule has 2 aliphatic carbocycles. The molecule has 1 atom stereocenters. The van der Waals surface area contributed by atoms with Crippen LogP contribution in [0.2, 0.25) is 0 Å². The second kappa shape index (κ2) is 11.0. The van der Waals surface area contributed by atoms with Crippen molar-refractivity contribution in [3.05, 3.63) is 66.0 Å². The Morgan fingerprint density at radius 1 is 1.28 bits per heavy atom. The third-order valence-corrected chi connectivity index (χ3v) is 7.31. The fourth-order valence-corrected chi connectivity index (χ4v) is 5.54. The number of aromatic nitrogens is 3. The number of allylic oxidation sites excluding steroid dienone is 4. The van der Waals surface area contributed by atoms with E-state index in [0.717, 1.165) is 71.8 Å². The summed E-state index contributed by atoms with van der Waals surface area (Å²) in [5, 5.41) is 6.99. The van der Waals surface area contributed by atoms with Gasteiger partial charge in [-0.2, -0.15) is 0 Å². The summed E-state index contributed by atoms with van der Waals surface area (Å²) in [4.78, 5) is 37.0. The number of Topliss-reactive ketones (excluding diaryl/α,β-unsaturated/α-hetero) is 1. The van der Waals surface area contributed by atoms with Crippen LogP contribution in [-0.2, 0) is 11.2 Å². The predicted molar refractivity (Wildman–Crippen MR) is 141 cm³/mol. The zero-order valence-corrected chi connectivity index (χ0v) is 21.0. The Morgan fingerprint density at radius 3 is 2.97 bits per heavy atom. The second-order valence-electron chi connectivity index (χ2n) is 9.11. The molecule has 1 unspecified atom stereocenters. The smallest absolute Gasteiger partial charge is 0.255 e. The molecule has 0 aromatic carbocycles. The highest BCUT2D eigenvalue weighted by atomic mass is 32.2. The second-order valence-corrected chi connectivity index (χ2v) is 10.2. The highest BCUT2D eigenvalue weighted by Crippen LogP contribution is 2.41. The van der Waals surface area contributed by atoms with Gasteiger partial charge in [0, 0.05) is 42.2 Å². The molecule has 3 aromatic rings. The number of hydrogen-bond acceptors (Lipinski definition) is 7. The first kappa shape index (κ1) is 24.1. The molecule has 3 N–H and O–H groups in total. The lowest BCUT2D eigenvalue weighted by molar-refractivity contribution is -0.114. The average Bonchev–Trinajstić information content (AvgIpc) is 3.51. The van der Waals surface area contributed by atoms with Crippen molar-refractivity contribution in [1.82, 2.24) is 15.0 Å². The summed E-state index contributed by atoms with van der Waals surface area (Å²) >= 11 is 1.60. The largest absolute Gasteiger partial charge is 0.440 e. The minimum atomic E-state index is -0.179. The molecule has 0 spiro atoms. The Bertz CT molecular complexity index is 1310. The van der Waals surface area contributed by atoms with E-state index in [0.29, 0.717) is 23.4 Å². The van der Waals surface area contributed by atoms with Gasteiger partial charge in [-0.15, -0.1) is 0 Å². The van der Waals surface area contributed by atoms with Crippen LogP contribution in [0.3, 0.4) is 0 Å². The van der Waals surface area contributed by atoms with E-state index in [-0.39, 0.29) is 11.7 Å². The number of H-pyrrole nitrogens is 1. The molecule has 5 rings (SSSR count). The summed E-state index contributed by atoms with van der Waals surface area (Å²) in [5.41, 5.74) is 5.33. The van der Waals surface area contributed by atoms with Crippen molar-refractivity contribution in [2.45, 2.75) is 50.7 Å². The lowest BCUT2D eigenvalue weighted by Gasteiger charge is -2.22. The maximum Gasteiger partial charge on any atom is 0.255 e. The molecule has 0 saturated carbocycles. The Kier molecular flexibility index (Phi) is 7.36. The van der Waals surface area contributed by atoms with E-state index in [1.165, 1.54) is 6.92 Å². The van der Waals surface area contributed by atoms with Crippen LogP contribution in [0.5, 0.6) is 0 Å². The number of ketones is 1. The number of rotatable bonds is 9. The van der Waals surface area contributed by atoms with Gasteiger partial charge >= 0.3 is 0 Å². The number of nitrogens with one attached hydrogen (secondary N) is 3. The SMILES string of the molecule is CC(=O)Nc1cc(-c2[nH]c3c(c2NC2=CC=CCC2)C(=O)CC(CCCSc2ncco2)C3)ccn1. The van der Waals surface area contributed by atoms with Crippen molar-refractivity contribution in [3.8, 4) is 11.3 Å². The highest BCUT2D eigenvalue weighted by molar-refractivity contribution is 7.99. The number of aromatic amines is 1. The van der Waals surface area contributed by atoms with Crippen molar-refractivity contribution in [1.29, 1.82) is 0 Å². The first-order chi connectivity index (χ1) is 17.6. The molecule has 3 heterocycles. The molecule has 8 nitrogen and oxygen atoms in total. The highest BCUT2D eigenvalue weighted by Gasteiger charge is 2.32. The van der Waals surface area contributed by atoms with E-state index >= 15 is 0 Å². The lowest BCUT2D eigenvalue weighted by Crippen LogP contribution is -2.20. The maximum atomic E-state index is 13.4. The fraction of sp³-hybridized carbons (Fsp3) is 0.333. The number of carbonyl (C=O) groups is 2. The fourth-order valence-electron chi connectivity index (χ4n) is 4.80. The summed E-state index contributed by atoms with van der Waals surface area (Å²) < 4.78 is 5.29. The molecular weight excluding hydrogens is 474 g/mol. The Morgan fingerprint density at radius 2 is 2.19 bits per heavy atom. The van der Waals surface area contributed by atoms with Gasteiger partial charge in [-0.1, -0.05) is 23.9 Å². The summed E-state index contributed by atoms with van der Waals surface area (Å²) in [5.74, 6) is 1.66. The number of nitrogens with zero attached hydrogens (tertiary/aromatic N) is 2. The first-order valence-electron chi connectivity index (χ1n) is 12.2. The van der Waals surface area contributed by atoms with Crippen molar-refractivity contribution >= 4 is 35.0 Å². The summed E-state index contributed by atoms with van der Waals surface area (Å²) in [6.45, 7) is 1.46. The third-order valence-electron chi connectivity index (χ3n) is 6.37. The maximum absolute atomic E-state index is 13.4. The van der Waals surface area contributed by atoms with E-state index in [2.05, 4.69) is 37.7 Å². The molecule has 2 aliphatic rings. The van der Waals surface area contributed by atoms with Gasteiger partial charge < -0.3 is 20.0 Å². The summed E-state index contributed by atoms with van der Waals surface area (Å²) in [7, 11) is 0. The standard InChI is InChI=1S/C27H29N5O3S/c1-17(33)30-23-16-19(9-10-28-23)25-26(31-20-7-3-2-4-8-20)24-21(32-25)14-18(15-22(24)34)6-5-13-36-27-29-11-12-35-27/h2-3,7,9-12,16,18,31-32H,4-6,8,13-15H2,1H3,(H,28,30,33). The number of oxazole rings is 1. The van der Waals surface area contributed by atoms with Gasteiger partial charge in [0.25, 0.3) is 5.22 Å². The van der Waals surface area contributed by atoms with Crippen molar-refractivity contribution in [3.63, 3.8) is 0 Å². The van der Waals surface area contributed by atoms with Crippen LogP contribution >= 0.6 is 11.8 Å². The van der Waals surface area contributed by atoms with Gasteiger partial charge in [0.05, 0.1) is 23.1 Å². The van der Waals surface area contributed by atoms with Gasteiger partial charge in [0.1, 0.15) is 12.1 Å². The molecule has 9 heteroatoms. The number of anilines is 2. The first-order valence-corrected chi connectivity index (χ1v) is 13.2. The molecule has 3 aromatic heterocycles. The minimum absolute atomic E-state index is 0.162. The van der Waals surface area contributed by atoms with Gasteiger partial charge in [-0.05, 0) is 56.2 Å². The zero-order valence-electron chi connectivity index (χ0n) is 20.2. The topological polar surface area (TPSA) is 113 Å². The van der Waals surface area contributed by atoms with E-state index in [1.54, 1.807) is 30.4 Å². The number of amides is 1. The van der Waals surface area contributed by atoms with Crippen LogP contribution in [0.4, 0.5) is 11.5 Å². The van der Waals surface area contributed by atoms with Crippen LogP contribution in [0.1, 0.15) is 55.1 Å². The van der Waals surface area contributed by atoms with E-state index < -0.39 is 0 Å². The molecule has 36 heavy (non-hydrogen) atoms. The molecule has 0 fully saturated rings. The molecule has 186 valence electrons. The minimum Gasteiger partial charge on any atom is -0.440 e. The number of carbonyl (C=O) groups excluding carboxylic acids is 2. The predicted octanol–water partition coefficient (Wildman–Crippen LogP) is 5.99.